The summed E-state index contributed by atoms with van der Waals surface area (Å²) in [5, 5.41) is 3.93. The van der Waals surface area contributed by atoms with Crippen LogP contribution in [0.3, 0.4) is 0 Å². The van der Waals surface area contributed by atoms with Gasteiger partial charge in [-0.3, -0.25) is 4.68 Å². The van der Waals surface area contributed by atoms with Crippen molar-refractivity contribution in [1.29, 1.82) is 0 Å². The van der Waals surface area contributed by atoms with Crippen molar-refractivity contribution in [2.75, 3.05) is 0 Å². The first-order chi connectivity index (χ1) is 9.65. The van der Waals surface area contributed by atoms with E-state index in [1.54, 1.807) is 12.3 Å². The Morgan fingerprint density at radius 1 is 1.35 bits per heavy atom. The van der Waals surface area contributed by atoms with Gasteiger partial charge in [0.2, 0.25) is 0 Å². The first-order valence-corrected chi connectivity index (χ1v) is 6.86. The number of rotatable bonds is 4. The van der Waals surface area contributed by atoms with Crippen LogP contribution in [0.15, 0.2) is 36.7 Å². The number of halogens is 2. The van der Waals surface area contributed by atoms with Gasteiger partial charge >= 0.3 is 0 Å². The Labute approximate surface area is 120 Å². The van der Waals surface area contributed by atoms with E-state index in [0.29, 0.717) is 13.1 Å². The molecule has 3 rings (SSSR count). The van der Waals surface area contributed by atoms with Crippen LogP contribution < -0.4 is 0 Å². The molecule has 0 saturated heterocycles. The summed E-state index contributed by atoms with van der Waals surface area (Å²) in [7, 11) is 0. The molecule has 20 heavy (non-hydrogen) atoms. The van der Waals surface area contributed by atoms with Gasteiger partial charge < -0.3 is 4.57 Å². The van der Waals surface area contributed by atoms with E-state index in [2.05, 4.69) is 10.1 Å². The van der Waals surface area contributed by atoms with Crippen LogP contribution in [-0.2, 0) is 13.1 Å². The molecular formula is C14H14ClFN4. The van der Waals surface area contributed by atoms with Crippen molar-refractivity contribution >= 4 is 22.6 Å². The summed E-state index contributed by atoms with van der Waals surface area (Å²) >= 11 is 6.18. The Morgan fingerprint density at radius 2 is 2.20 bits per heavy atom. The van der Waals surface area contributed by atoms with E-state index in [0.717, 1.165) is 16.9 Å². The molecule has 4 nitrogen and oxygen atoms in total. The lowest BCUT2D eigenvalue weighted by Crippen LogP contribution is -2.11. The fourth-order valence-electron chi connectivity index (χ4n) is 2.29. The van der Waals surface area contributed by atoms with Gasteiger partial charge in [0, 0.05) is 18.9 Å². The van der Waals surface area contributed by atoms with Crippen LogP contribution in [0.4, 0.5) is 4.39 Å². The first-order valence-electron chi connectivity index (χ1n) is 6.42. The Morgan fingerprint density at radius 3 is 2.90 bits per heavy atom. The van der Waals surface area contributed by atoms with Gasteiger partial charge in [-0.05, 0) is 31.2 Å². The zero-order valence-electron chi connectivity index (χ0n) is 11.0. The first kappa shape index (κ1) is 13.1. The maximum absolute atomic E-state index is 13.4. The predicted octanol–water partition coefficient (Wildman–Crippen LogP) is 3.37. The molecule has 0 radical (unpaired) electrons. The Bertz CT molecular complexity index is 718. The molecule has 0 aliphatic rings. The number of alkyl halides is 1. The molecule has 0 saturated carbocycles. The lowest BCUT2D eigenvalue weighted by molar-refractivity contribution is 0.527. The molecule has 0 aliphatic heterocycles. The van der Waals surface area contributed by atoms with Gasteiger partial charge in [0.15, 0.2) is 0 Å². The molecule has 2 aromatic heterocycles. The van der Waals surface area contributed by atoms with Gasteiger partial charge in [0.05, 0.1) is 23.0 Å². The predicted molar refractivity (Wildman–Crippen MR) is 76.2 cm³/mol. The molecule has 0 spiro atoms. The number of hydrogen-bond acceptors (Lipinski definition) is 2. The van der Waals surface area contributed by atoms with E-state index < -0.39 is 0 Å². The fourth-order valence-corrected chi connectivity index (χ4v) is 2.45. The summed E-state index contributed by atoms with van der Waals surface area (Å²) in [6, 6.07) is 6.46. The molecule has 6 heteroatoms. The van der Waals surface area contributed by atoms with Crippen molar-refractivity contribution in [3.05, 3.63) is 48.3 Å². The molecule has 104 valence electrons. The number of nitrogens with zero attached hydrogens (tertiary/aromatic N) is 4. The van der Waals surface area contributed by atoms with Gasteiger partial charge in [-0.2, -0.15) is 5.10 Å². The Hall–Kier alpha value is -1.88. The smallest absolute Gasteiger partial charge is 0.127 e. The van der Waals surface area contributed by atoms with E-state index in [9.17, 15) is 4.39 Å². The molecule has 0 amide bonds. The molecule has 0 bridgehead atoms. The van der Waals surface area contributed by atoms with Crippen LogP contribution in [0.5, 0.6) is 0 Å². The topological polar surface area (TPSA) is 35.6 Å². The summed E-state index contributed by atoms with van der Waals surface area (Å²) in [4.78, 5) is 4.49. The zero-order valence-corrected chi connectivity index (χ0v) is 11.8. The van der Waals surface area contributed by atoms with Crippen LogP contribution in [0.2, 0.25) is 0 Å². The lowest BCUT2D eigenvalue weighted by atomic mass is 10.3. The standard InChI is InChI=1S/C14H14ClFN4/c1-10(15)14-18-12-4-3-11(16)9-13(12)20(14)8-7-19-6-2-5-17-19/h2-6,9-10H,7-8H2,1H3. The molecule has 3 aromatic rings. The molecule has 2 heterocycles. The highest BCUT2D eigenvalue weighted by Crippen LogP contribution is 2.25. The number of fused-ring (bicyclic) bond motifs is 1. The SMILES string of the molecule is CC(Cl)c1nc2ccc(F)cc2n1CCn1cccn1. The van der Waals surface area contributed by atoms with Crippen molar-refractivity contribution in [2.45, 2.75) is 25.4 Å². The van der Waals surface area contributed by atoms with Crippen LogP contribution >= 0.6 is 11.6 Å². The number of hydrogen-bond donors (Lipinski definition) is 0. The van der Waals surface area contributed by atoms with E-state index in [4.69, 9.17) is 11.6 Å². The zero-order chi connectivity index (χ0) is 14.1. The van der Waals surface area contributed by atoms with Crippen LogP contribution in [0.1, 0.15) is 18.1 Å². The van der Waals surface area contributed by atoms with E-state index >= 15 is 0 Å². The third-order valence-electron chi connectivity index (χ3n) is 3.21. The molecule has 0 N–H and O–H groups in total. The normalized spacial score (nSPS) is 12.9. The van der Waals surface area contributed by atoms with Gasteiger partial charge in [-0.15, -0.1) is 11.6 Å². The molecule has 0 fully saturated rings. The second-order valence-corrected chi connectivity index (χ2v) is 5.29. The van der Waals surface area contributed by atoms with Gasteiger partial charge in [0.25, 0.3) is 0 Å². The highest BCUT2D eigenvalue weighted by Gasteiger charge is 2.15. The average Bonchev–Trinajstić information content (AvgIpc) is 3.03. The molecule has 1 unspecified atom stereocenters. The Balaban J connectivity index is 2.01. The molecule has 1 atom stereocenters. The van der Waals surface area contributed by atoms with Crippen molar-refractivity contribution in [1.82, 2.24) is 19.3 Å². The minimum atomic E-state index is -0.272. The maximum Gasteiger partial charge on any atom is 0.127 e. The maximum atomic E-state index is 13.4. The highest BCUT2D eigenvalue weighted by atomic mass is 35.5. The minimum Gasteiger partial charge on any atom is -0.325 e. The van der Waals surface area contributed by atoms with E-state index in [-0.39, 0.29) is 11.2 Å². The van der Waals surface area contributed by atoms with Gasteiger partial charge in [0.1, 0.15) is 11.6 Å². The highest BCUT2D eigenvalue weighted by molar-refractivity contribution is 6.20. The largest absolute Gasteiger partial charge is 0.325 e. The van der Waals surface area contributed by atoms with Crippen molar-refractivity contribution in [3.8, 4) is 0 Å². The quantitative estimate of drug-likeness (QED) is 0.691. The summed E-state index contributed by atoms with van der Waals surface area (Å²) in [6.45, 7) is 3.20. The summed E-state index contributed by atoms with van der Waals surface area (Å²) in [6.07, 6.45) is 3.63. The number of imidazole rings is 1. The second-order valence-electron chi connectivity index (χ2n) is 4.64. The van der Waals surface area contributed by atoms with E-state index in [1.807, 2.05) is 28.4 Å². The summed E-state index contributed by atoms with van der Waals surface area (Å²) < 4.78 is 17.2. The molecule has 0 aliphatic carbocycles. The van der Waals surface area contributed by atoms with E-state index in [1.165, 1.54) is 12.1 Å². The van der Waals surface area contributed by atoms with Crippen molar-refractivity contribution in [2.24, 2.45) is 0 Å². The fraction of sp³-hybridized carbons (Fsp3) is 0.286. The monoisotopic (exact) mass is 292 g/mol. The number of aromatic nitrogens is 4. The third kappa shape index (κ3) is 2.41. The second kappa shape index (κ2) is 5.25. The number of benzene rings is 1. The average molecular weight is 293 g/mol. The summed E-state index contributed by atoms with van der Waals surface area (Å²) in [5.41, 5.74) is 1.52. The van der Waals surface area contributed by atoms with Gasteiger partial charge in [-0.1, -0.05) is 0 Å². The Kier molecular flexibility index (Phi) is 3.44. The molecular weight excluding hydrogens is 279 g/mol. The van der Waals surface area contributed by atoms with Crippen LogP contribution in [0.25, 0.3) is 11.0 Å². The summed E-state index contributed by atoms with van der Waals surface area (Å²) in [5.74, 6) is 0.478. The minimum absolute atomic E-state index is 0.233. The van der Waals surface area contributed by atoms with Gasteiger partial charge in [-0.25, -0.2) is 9.37 Å². The van der Waals surface area contributed by atoms with Crippen LogP contribution in [0, 0.1) is 5.82 Å². The molecule has 1 aromatic carbocycles. The van der Waals surface area contributed by atoms with Crippen molar-refractivity contribution in [3.63, 3.8) is 0 Å². The third-order valence-corrected chi connectivity index (χ3v) is 3.40. The van der Waals surface area contributed by atoms with Crippen LogP contribution in [-0.4, -0.2) is 19.3 Å². The number of aryl methyl sites for hydroxylation is 2. The lowest BCUT2D eigenvalue weighted by Gasteiger charge is -2.10. The van der Waals surface area contributed by atoms with Crippen molar-refractivity contribution < 1.29 is 4.39 Å².